The molecule has 1 aromatic rings. The van der Waals surface area contributed by atoms with Crippen LogP contribution in [0.15, 0.2) is 18.3 Å². The predicted octanol–water partition coefficient (Wildman–Crippen LogP) is 1.82. The molecule has 0 aromatic carbocycles. The minimum absolute atomic E-state index is 0.0839. The Morgan fingerprint density at radius 1 is 1.27 bits per heavy atom. The molecule has 1 aromatic heterocycles. The van der Waals surface area contributed by atoms with Gasteiger partial charge in [-0.2, -0.15) is 0 Å². The third kappa shape index (κ3) is 3.77. The normalized spacial score (nSPS) is 25.2. The first-order chi connectivity index (χ1) is 10.7. The summed E-state index contributed by atoms with van der Waals surface area (Å²) in [6.45, 7) is 2.76. The Labute approximate surface area is 132 Å². The Balaban J connectivity index is 1.49. The molecule has 1 amide bonds. The molecule has 5 heteroatoms. The number of nitrogens with two attached hydrogens (primary N) is 1. The van der Waals surface area contributed by atoms with Crippen LogP contribution >= 0.6 is 0 Å². The van der Waals surface area contributed by atoms with Gasteiger partial charge in [-0.25, -0.2) is 4.98 Å². The maximum absolute atomic E-state index is 12.2. The second-order valence-corrected chi connectivity index (χ2v) is 6.56. The lowest BCUT2D eigenvalue weighted by molar-refractivity contribution is -0.126. The van der Waals surface area contributed by atoms with Crippen molar-refractivity contribution in [1.29, 1.82) is 0 Å². The Morgan fingerprint density at radius 3 is 2.77 bits per heavy atom. The maximum Gasteiger partial charge on any atom is 0.223 e. The number of hydrogen-bond acceptors (Lipinski definition) is 4. The van der Waals surface area contributed by atoms with Gasteiger partial charge in [-0.05, 0) is 43.7 Å². The Kier molecular flexibility index (Phi) is 4.93. The summed E-state index contributed by atoms with van der Waals surface area (Å²) in [5.41, 5.74) is 7.00. The first-order valence-corrected chi connectivity index (χ1v) is 8.45. The monoisotopic (exact) mass is 302 g/mol. The highest BCUT2D eigenvalue weighted by atomic mass is 16.1. The van der Waals surface area contributed by atoms with Gasteiger partial charge in [0.15, 0.2) is 0 Å². The summed E-state index contributed by atoms with van der Waals surface area (Å²) < 4.78 is 0. The van der Waals surface area contributed by atoms with E-state index in [1.165, 1.54) is 12.8 Å². The van der Waals surface area contributed by atoms with Gasteiger partial charge in [-0.1, -0.05) is 12.5 Å². The van der Waals surface area contributed by atoms with Crippen LogP contribution in [0.1, 0.15) is 44.1 Å². The molecule has 2 fully saturated rings. The Morgan fingerprint density at radius 2 is 2.09 bits per heavy atom. The molecule has 2 heterocycles. The zero-order valence-electron chi connectivity index (χ0n) is 13.1. The number of nitrogens with zero attached hydrogens (tertiary/aromatic N) is 2. The molecular formula is C17H26N4O. The van der Waals surface area contributed by atoms with Gasteiger partial charge < -0.3 is 16.0 Å². The van der Waals surface area contributed by atoms with Crippen molar-refractivity contribution < 1.29 is 4.79 Å². The highest BCUT2D eigenvalue weighted by Gasteiger charge is 2.25. The van der Waals surface area contributed by atoms with E-state index in [4.69, 9.17) is 5.73 Å². The quantitative estimate of drug-likeness (QED) is 0.890. The maximum atomic E-state index is 12.2. The topological polar surface area (TPSA) is 71.2 Å². The fourth-order valence-electron chi connectivity index (χ4n) is 3.45. The van der Waals surface area contributed by atoms with Gasteiger partial charge in [0.1, 0.15) is 5.82 Å². The standard InChI is InChI=1S/C17H26N4O/c18-15-5-3-4-14(10-15)17(22)20-12-13-6-7-16(19-11-13)21-8-1-2-9-21/h6-7,11,14-15H,1-5,8-10,12,18H2,(H,20,22). The summed E-state index contributed by atoms with van der Waals surface area (Å²) >= 11 is 0. The molecule has 22 heavy (non-hydrogen) atoms. The van der Waals surface area contributed by atoms with Crippen molar-refractivity contribution in [2.75, 3.05) is 18.0 Å². The molecule has 3 rings (SSSR count). The van der Waals surface area contributed by atoms with Crippen LogP contribution in [0.25, 0.3) is 0 Å². The highest BCUT2D eigenvalue weighted by molar-refractivity contribution is 5.78. The predicted molar refractivity (Wildman–Crippen MR) is 87.5 cm³/mol. The van der Waals surface area contributed by atoms with E-state index >= 15 is 0 Å². The van der Waals surface area contributed by atoms with Crippen LogP contribution in [0, 0.1) is 5.92 Å². The van der Waals surface area contributed by atoms with Crippen LogP contribution in [0.2, 0.25) is 0 Å². The van der Waals surface area contributed by atoms with E-state index in [9.17, 15) is 4.79 Å². The number of anilines is 1. The van der Waals surface area contributed by atoms with Gasteiger partial charge in [-0.3, -0.25) is 4.79 Å². The summed E-state index contributed by atoms with van der Waals surface area (Å²) in [5.74, 6) is 1.27. The summed E-state index contributed by atoms with van der Waals surface area (Å²) in [6, 6.07) is 4.31. The average Bonchev–Trinajstić information content (AvgIpc) is 3.07. The molecule has 0 radical (unpaired) electrons. The molecule has 1 aliphatic carbocycles. The minimum atomic E-state index is 0.0839. The van der Waals surface area contributed by atoms with E-state index in [1.807, 2.05) is 6.20 Å². The summed E-state index contributed by atoms with van der Waals surface area (Å²) in [6.07, 6.45) is 8.27. The number of nitrogens with one attached hydrogen (secondary N) is 1. The van der Waals surface area contributed by atoms with Crippen LogP contribution < -0.4 is 16.0 Å². The van der Waals surface area contributed by atoms with E-state index in [1.54, 1.807) is 0 Å². The third-order valence-corrected chi connectivity index (χ3v) is 4.79. The smallest absolute Gasteiger partial charge is 0.223 e. The van der Waals surface area contributed by atoms with E-state index in [0.717, 1.165) is 50.2 Å². The van der Waals surface area contributed by atoms with Crippen LogP contribution in [-0.2, 0) is 11.3 Å². The van der Waals surface area contributed by atoms with Gasteiger partial charge >= 0.3 is 0 Å². The second-order valence-electron chi connectivity index (χ2n) is 6.56. The number of hydrogen-bond donors (Lipinski definition) is 2. The lowest BCUT2D eigenvalue weighted by Crippen LogP contribution is -2.37. The molecule has 1 saturated heterocycles. The number of carbonyl (C=O) groups is 1. The summed E-state index contributed by atoms with van der Waals surface area (Å²) in [4.78, 5) is 19.0. The lowest BCUT2D eigenvalue weighted by Gasteiger charge is -2.25. The molecule has 0 bridgehead atoms. The van der Waals surface area contributed by atoms with Gasteiger partial charge in [0.25, 0.3) is 0 Å². The van der Waals surface area contributed by atoms with Crippen LogP contribution in [0.4, 0.5) is 5.82 Å². The molecule has 1 aliphatic heterocycles. The van der Waals surface area contributed by atoms with Crippen molar-refractivity contribution in [3.05, 3.63) is 23.9 Å². The fraction of sp³-hybridized carbons (Fsp3) is 0.647. The molecular weight excluding hydrogens is 276 g/mol. The zero-order chi connectivity index (χ0) is 15.4. The molecule has 5 nitrogen and oxygen atoms in total. The summed E-state index contributed by atoms with van der Waals surface area (Å²) in [5, 5.41) is 3.03. The Bertz CT molecular complexity index is 496. The van der Waals surface area contributed by atoms with Gasteiger partial charge in [0.05, 0.1) is 0 Å². The zero-order valence-corrected chi connectivity index (χ0v) is 13.1. The first-order valence-electron chi connectivity index (χ1n) is 8.45. The second kappa shape index (κ2) is 7.09. The molecule has 2 aliphatic rings. The van der Waals surface area contributed by atoms with Gasteiger partial charge in [0, 0.05) is 37.8 Å². The molecule has 1 saturated carbocycles. The number of carbonyl (C=O) groups excluding carboxylic acids is 1. The lowest BCUT2D eigenvalue weighted by atomic mass is 9.85. The van der Waals surface area contributed by atoms with Crippen LogP contribution in [0.3, 0.4) is 0 Å². The molecule has 3 N–H and O–H groups in total. The fourth-order valence-corrected chi connectivity index (χ4v) is 3.45. The Hall–Kier alpha value is -1.62. The van der Waals surface area contributed by atoms with Crippen LogP contribution in [-0.4, -0.2) is 30.0 Å². The van der Waals surface area contributed by atoms with E-state index < -0.39 is 0 Å². The third-order valence-electron chi connectivity index (χ3n) is 4.79. The number of aromatic nitrogens is 1. The number of pyridine rings is 1. The van der Waals surface area contributed by atoms with E-state index in [2.05, 4.69) is 27.3 Å². The molecule has 0 spiro atoms. The van der Waals surface area contributed by atoms with Crippen molar-refractivity contribution >= 4 is 11.7 Å². The van der Waals surface area contributed by atoms with Crippen LogP contribution in [0.5, 0.6) is 0 Å². The molecule has 2 atom stereocenters. The first kappa shape index (κ1) is 15.3. The SMILES string of the molecule is NC1CCCC(C(=O)NCc2ccc(N3CCCC3)nc2)C1. The van der Waals surface area contributed by atoms with Gasteiger partial charge in [-0.15, -0.1) is 0 Å². The molecule has 2 unspecified atom stereocenters. The van der Waals surface area contributed by atoms with Crippen molar-refractivity contribution in [2.45, 2.75) is 51.1 Å². The van der Waals surface area contributed by atoms with E-state index in [0.29, 0.717) is 6.54 Å². The number of amides is 1. The van der Waals surface area contributed by atoms with Crippen molar-refractivity contribution in [3.63, 3.8) is 0 Å². The number of rotatable bonds is 4. The highest BCUT2D eigenvalue weighted by Crippen LogP contribution is 2.23. The van der Waals surface area contributed by atoms with Gasteiger partial charge in [0.2, 0.25) is 5.91 Å². The molecule has 120 valence electrons. The van der Waals surface area contributed by atoms with Crippen molar-refractivity contribution in [3.8, 4) is 0 Å². The van der Waals surface area contributed by atoms with Crippen molar-refractivity contribution in [2.24, 2.45) is 11.7 Å². The average molecular weight is 302 g/mol. The minimum Gasteiger partial charge on any atom is -0.357 e. The summed E-state index contributed by atoms with van der Waals surface area (Å²) in [7, 11) is 0. The largest absolute Gasteiger partial charge is 0.357 e. The van der Waals surface area contributed by atoms with Crippen molar-refractivity contribution in [1.82, 2.24) is 10.3 Å². The van der Waals surface area contributed by atoms with E-state index in [-0.39, 0.29) is 17.9 Å².